The van der Waals surface area contributed by atoms with Crippen LogP contribution >= 0.6 is 7.82 Å². The van der Waals surface area contributed by atoms with Crippen molar-refractivity contribution in [3.8, 4) is 0 Å². The number of aliphatic hydroxyl groups excluding tert-OH is 3. The summed E-state index contributed by atoms with van der Waals surface area (Å²) in [5.41, 5.74) is 0. The molecule has 0 aromatic rings. The first kappa shape index (κ1) is 55.1. The zero-order valence-electron chi connectivity index (χ0n) is 35.6. The molecule has 0 heterocycles. The molecule has 0 aromatic heterocycles. The topological polar surface area (TPSA) is 169 Å². The third-order valence-electron chi connectivity index (χ3n) is 8.63. The van der Waals surface area contributed by atoms with E-state index in [9.17, 15) is 29.3 Å². The number of carbonyl (C=O) groups is 2. The summed E-state index contributed by atoms with van der Waals surface area (Å²) in [6.07, 6.45) is 44.3. The first-order valence-corrected chi connectivity index (χ1v) is 23.1. The monoisotopic (exact) mass is 837 g/mol. The van der Waals surface area contributed by atoms with Gasteiger partial charge in [0, 0.05) is 12.8 Å². The van der Waals surface area contributed by atoms with Crippen LogP contribution < -0.4 is 0 Å². The molecule has 11 nitrogen and oxygen atoms in total. The van der Waals surface area contributed by atoms with E-state index in [1.54, 1.807) is 12.2 Å². The van der Waals surface area contributed by atoms with E-state index in [1.807, 2.05) is 12.2 Å². The van der Waals surface area contributed by atoms with Crippen LogP contribution in [0.5, 0.6) is 0 Å². The molecule has 0 spiro atoms. The minimum atomic E-state index is -4.68. The molecule has 0 aliphatic heterocycles. The fraction of sp³-hybridized carbons (Fsp3) is 0.652. The lowest BCUT2D eigenvalue weighted by Gasteiger charge is -2.20. The number of esters is 2. The van der Waals surface area contributed by atoms with Gasteiger partial charge in [0.2, 0.25) is 0 Å². The quantitative estimate of drug-likeness (QED) is 0.0153. The second-order valence-corrected chi connectivity index (χ2v) is 15.7. The molecule has 332 valence electrons. The van der Waals surface area contributed by atoms with Crippen LogP contribution in [-0.4, -0.2) is 76.9 Å². The largest absolute Gasteiger partial charge is 0.472 e. The predicted octanol–water partition coefficient (Wildman–Crippen LogP) is 10.4. The lowest BCUT2D eigenvalue weighted by atomic mass is 10.1. The summed E-state index contributed by atoms with van der Waals surface area (Å²) in [6, 6.07) is 0. The first-order chi connectivity index (χ1) is 28.1. The van der Waals surface area contributed by atoms with E-state index in [1.165, 1.54) is 38.5 Å². The third-order valence-corrected chi connectivity index (χ3v) is 9.58. The maximum Gasteiger partial charge on any atom is 0.472 e. The Hall–Kier alpha value is -2.89. The van der Waals surface area contributed by atoms with Crippen molar-refractivity contribution in [1.29, 1.82) is 0 Å². The van der Waals surface area contributed by atoms with Gasteiger partial charge in [-0.05, 0) is 83.5 Å². The predicted molar refractivity (Wildman–Crippen MR) is 234 cm³/mol. The van der Waals surface area contributed by atoms with E-state index in [0.717, 1.165) is 64.2 Å². The molecule has 0 saturated heterocycles. The zero-order chi connectivity index (χ0) is 42.8. The molecule has 0 aliphatic rings. The van der Waals surface area contributed by atoms with Gasteiger partial charge in [0.25, 0.3) is 0 Å². The Bertz CT molecular complexity index is 1250. The molecule has 0 radical (unpaired) electrons. The van der Waals surface area contributed by atoms with E-state index >= 15 is 0 Å². The molecule has 0 aromatic carbocycles. The van der Waals surface area contributed by atoms with Gasteiger partial charge in [-0.25, -0.2) is 4.57 Å². The Morgan fingerprint density at radius 3 is 1.66 bits per heavy atom. The highest BCUT2D eigenvalue weighted by molar-refractivity contribution is 7.47. The van der Waals surface area contributed by atoms with Crippen LogP contribution in [0.15, 0.2) is 85.1 Å². The van der Waals surface area contributed by atoms with Crippen molar-refractivity contribution in [3.63, 3.8) is 0 Å². The summed E-state index contributed by atoms with van der Waals surface area (Å²) in [5.74, 6) is -1.16. The molecular weight excluding hydrogens is 759 g/mol. The van der Waals surface area contributed by atoms with Gasteiger partial charge in [-0.3, -0.25) is 18.6 Å². The molecule has 12 heteroatoms. The summed E-state index contributed by atoms with van der Waals surface area (Å²) >= 11 is 0. The van der Waals surface area contributed by atoms with Gasteiger partial charge in [0.1, 0.15) is 12.7 Å². The molecule has 0 rings (SSSR count). The normalized spacial score (nSPS) is 15.2. The van der Waals surface area contributed by atoms with Crippen LogP contribution in [0, 0.1) is 0 Å². The average Bonchev–Trinajstić information content (AvgIpc) is 3.20. The Morgan fingerprint density at radius 1 is 0.586 bits per heavy atom. The molecule has 4 atom stereocenters. The summed E-state index contributed by atoms with van der Waals surface area (Å²) in [5, 5.41) is 28.6. The smallest absolute Gasteiger partial charge is 0.462 e. The molecule has 0 aliphatic carbocycles. The number of carbonyl (C=O) groups excluding carboxylic acids is 2. The highest BCUT2D eigenvalue weighted by Gasteiger charge is 2.27. The number of hydrogen-bond acceptors (Lipinski definition) is 10. The third kappa shape index (κ3) is 39.9. The Kier molecular flexibility index (Phi) is 38.8. The summed E-state index contributed by atoms with van der Waals surface area (Å²) < 4.78 is 32.5. The van der Waals surface area contributed by atoms with E-state index in [0.29, 0.717) is 19.3 Å². The lowest BCUT2D eigenvalue weighted by molar-refractivity contribution is -0.161. The van der Waals surface area contributed by atoms with Crippen molar-refractivity contribution in [1.82, 2.24) is 0 Å². The maximum absolute atomic E-state index is 12.6. The van der Waals surface area contributed by atoms with Gasteiger partial charge in [-0.2, -0.15) is 0 Å². The van der Waals surface area contributed by atoms with Crippen molar-refractivity contribution in [2.75, 3.05) is 26.4 Å². The van der Waals surface area contributed by atoms with Gasteiger partial charge in [-0.1, -0.05) is 137 Å². The molecule has 0 amide bonds. The van der Waals surface area contributed by atoms with Gasteiger partial charge >= 0.3 is 19.8 Å². The zero-order valence-corrected chi connectivity index (χ0v) is 36.5. The summed E-state index contributed by atoms with van der Waals surface area (Å²) in [4.78, 5) is 35.0. The highest BCUT2D eigenvalue weighted by Crippen LogP contribution is 2.43. The Labute approximate surface area is 350 Å². The van der Waals surface area contributed by atoms with Crippen LogP contribution in [-0.2, 0) is 32.7 Å². The number of phosphoric acid groups is 1. The summed E-state index contributed by atoms with van der Waals surface area (Å²) in [7, 11) is -4.68. The van der Waals surface area contributed by atoms with Crippen molar-refractivity contribution in [3.05, 3.63) is 85.1 Å². The molecule has 4 N–H and O–H groups in total. The molecule has 0 fully saturated rings. The Balaban J connectivity index is 4.56. The van der Waals surface area contributed by atoms with Crippen molar-refractivity contribution in [2.24, 2.45) is 0 Å². The average molecular weight is 837 g/mol. The number of allylic oxidation sites excluding steroid dienone is 13. The van der Waals surface area contributed by atoms with Crippen LogP contribution in [0.3, 0.4) is 0 Å². The first-order valence-electron chi connectivity index (χ1n) is 21.7. The van der Waals surface area contributed by atoms with E-state index in [2.05, 4.69) is 79.1 Å². The van der Waals surface area contributed by atoms with Crippen molar-refractivity contribution < 1.29 is 52.9 Å². The molecule has 58 heavy (non-hydrogen) atoms. The number of phosphoric ester groups is 1. The molecule has 0 saturated carbocycles. The molecular formula is C46H77O11P. The SMILES string of the molecule is CCCCC/C=C\C/C=C\C/C=C\C=C\[C@H](O)CCCC(=O)O[C@H](COC(=O)CCCCCC/C=C\C/C=C\C/C=C\CCCCC)COP(=O)(O)OC[C@@H](O)CO. The van der Waals surface area contributed by atoms with Gasteiger partial charge in [-0.15, -0.1) is 0 Å². The molecule has 1 unspecified atom stereocenters. The lowest BCUT2D eigenvalue weighted by Crippen LogP contribution is -2.30. The highest BCUT2D eigenvalue weighted by atomic mass is 31.2. The van der Waals surface area contributed by atoms with Crippen molar-refractivity contribution >= 4 is 19.8 Å². The van der Waals surface area contributed by atoms with E-state index in [4.69, 9.17) is 19.1 Å². The number of aliphatic hydroxyl groups is 3. The second kappa shape index (κ2) is 40.9. The van der Waals surface area contributed by atoms with Crippen LogP contribution in [0.2, 0.25) is 0 Å². The number of rotatable bonds is 39. The fourth-order valence-electron chi connectivity index (χ4n) is 5.22. The number of ether oxygens (including phenoxy) is 2. The van der Waals surface area contributed by atoms with Crippen LogP contribution in [0.4, 0.5) is 0 Å². The fourth-order valence-corrected chi connectivity index (χ4v) is 6.01. The second-order valence-electron chi connectivity index (χ2n) is 14.2. The minimum Gasteiger partial charge on any atom is -0.462 e. The van der Waals surface area contributed by atoms with Crippen LogP contribution in [0.25, 0.3) is 0 Å². The van der Waals surface area contributed by atoms with Crippen molar-refractivity contribution in [2.45, 2.75) is 167 Å². The van der Waals surface area contributed by atoms with Gasteiger partial charge in [0.05, 0.1) is 25.9 Å². The number of hydrogen-bond donors (Lipinski definition) is 4. The van der Waals surface area contributed by atoms with E-state index in [-0.39, 0.29) is 12.8 Å². The number of unbranched alkanes of at least 4 members (excludes halogenated alkanes) is 10. The standard InChI is InChI=1S/C46H77O11P/c1-3-5-7-9-11-13-15-17-18-19-20-22-24-26-28-30-32-36-45(50)54-40-44(41-56-58(52,53)55-39-43(49)38-47)57-46(51)37-33-35-42(48)34-31-29-27-25-23-21-16-14-12-10-8-6-4-2/h11-14,17-18,20-23,27,29,31,34,42-44,47-49H,3-10,15-16,19,24-26,28,30,32-33,35-41H2,1-2H3,(H,52,53)/b13-11-,14-12-,18-17-,22-20-,23-21-,29-27-,34-31+/t42-,43-,44+/m0/s1. The van der Waals surface area contributed by atoms with Gasteiger partial charge < -0.3 is 29.7 Å². The van der Waals surface area contributed by atoms with Crippen LogP contribution in [0.1, 0.15) is 149 Å². The Morgan fingerprint density at radius 2 is 1.09 bits per heavy atom. The maximum atomic E-state index is 12.6. The van der Waals surface area contributed by atoms with Gasteiger partial charge in [0.15, 0.2) is 6.10 Å². The summed E-state index contributed by atoms with van der Waals surface area (Å²) in [6.45, 7) is 2.05. The molecule has 0 bridgehead atoms. The minimum absolute atomic E-state index is 0.0538. The van der Waals surface area contributed by atoms with E-state index < -0.39 is 64.5 Å².